The number of terminal acetylenes is 1. The van der Waals surface area contributed by atoms with Crippen LogP contribution in [0.1, 0.15) is 19.8 Å². The molecular formula is C9H15NO2S. The number of sulfonamides is 1. The predicted octanol–water partition coefficient (Wildman–Crippen LogP) is 0.681. The highest BCUT2D eigenvalue weighted by molar-refractivity contribution is 7.89. The third-order valence-corrected chi connectivity index (χ3v) is 3.98. The van der Waals surface area contributed by atoms with Gasteiger partial charge in [-0.25, -0.2) is 8.42 Å². The summed E-state index contributed by atoms with van der Waals surface area (Å²) < 4.78 is 24.4. The van der Waals surface area contributed by atoms with Gasteiger partial charge in [-0.15, -0.1) is 6.42 Å². The normalized spacial score (nSPS) is 17.3. The Morgan fingerprint density at radius 3 is 2.54 bits per heavy atom. The van der Waals surface area contributed by atoms with Crippen molar-refractivity contribution in [3.8, 4) is 12.3 Å². The quantitative estimate of drug-likeness (QED) is 0.613. The summed E-state index contributed by atoms with van der Waals surface area (Å²) in [6.07, 6.45) is 7.40. The summed E-state index contributed by atoms with van der Waals surface area (Å²) in [5.41, 5.74) is 0. The van der Waals surface area contributed by atoms with E-state index < -0.39 is 10.0 Å². The minimum atomic E-state index is -3.09. The SMILES string of the molecule is C#CCN(CC1CC1)S(=O)(=O)CC. The van der Waals surface area contributed by atoms with Gasteiger partial charge in [-0.1, -0.05) is 5.92 Å². The second-order valence-electron chi connectivity index (χ2n) is 3.34. The first-order valence-corrected chi connectivity index (χ1v) is 6.12. The molecule has 74 valence electrons. The molecule has 0 atom stereocenters. The average Bonchev–Trinajstić information content (AvgIpc) is 2.87. The van der Waals surface area contributed by atoms with Crippen LogP contribution in [0.25, 0.3) is 0 Å². The minimum Gasteiger partial charge on any atom is -0.212 e. The van der Waals surface area contributed by atoms with Crippen LogP contribution in [0, 0.1) is 18.3 Å². The standard InChI is InChI=1S/C9H15NO2S/c1-3-7-10(8-9-5-6-9)13(11,12)4-2/h1,9H,4-8H2,2H3. The Balaban J connectivity index is 2.60. The van der Waals surface area contributed by atoms with Crippen LogP contribution in [0.3, 0.4) is 0 Å². The van der Waals surface area contributed by atoms with E-state index >= 15 is 0 Å². The van der Waals surface area contributed by atoms with Gasteiger partial charge < -0.3 is 0 Å². The van der Waals surface area contributed by atoms with Crippen LogP contribution >= 0.6 is 0 Å². The summed E-state index contributed by atoms with van der Waals surface area (Å²) in [5, 5.41) is 0. The molecule has 0 radical (unpaired) electrons. The lowest BCUT2D eigenvalue weighted by Crippen LogP contribution is -2.34. The molecule has 3 nitrogen and oxygen atoms in total. The molecule has 0 saturated heterocycles. The van der Waals surface area contributed by atoms with E-state index in [1.54, 1.807) is 6.92 Å². The molecule has 0 bridgehead atoms. The maximum atomic E-state index is 11.5. The summed E-state index contributed by atoms with van der Waals surface area (Å²) in [7, 11) is -3.09. The van der Waals surface area contributed by atoms with E-state index in [-0.39, 0.29) is 12.3 Å². The van der Waals surface area contributed by atoms with Crippen molar-refractivity contribution in [3.63, 3.8) is 0 Å². The molecule has 4 heteroatoms. The zero-order valence-corrected chi connectivity index (χ0v) is 8.68. The third kappa shape index (κ3) is 3.02. The van der Waals surface area contributed by atoms with Gasteiger partial charge in [0.2, 0.25) is 10.0 Å². The molecule has 0 amide bonds. The van der Waals surface area contributed by atoms with Crippen molar-refractivity contribution in [3.05, 3.63) is 0 Å². The maximum absolute atomic E-state index is 11.5. The zero-order chi connectivity index (χ0) is 9.90. The first-order valence-electron chi connectivity index (χ1n) is 4.51. The van der Waals surface area contributed by atoms with E-state index in [0.29, 0.717) is 12.5 Å². The third-order valence-electron chi connectivity index (χ3n) is 2.18. The van der Waals surface area contributed by atoms with E-state index in [1.165, 1.54) is 4.31 Å². The zero-order valence-electron chi connectivity index (χ0n) is 7.86. The molecule has 1 aliphatic rings. The van der Waals surface area contributed by atoms with Gasteiger partial charge in [0.1, 0.15) is 0 Å². The van der Waals surface area contributed by atoms with Crippen LogP contribution in [-0.4, -0.2) is 31.6 Å². The van der Waals surface area contributed by atoms with E-state index in [2.05, 4.69) is 5.92 Å². The second-order valence-corrected chi connectivity index (χ2v) is 5.60. The highest BCUT2D eigenvalue weighted by Crippen LogP contribution is 2.30. The van der Waals surface area contributed by atoms with Crippen molar-refractivity contribution in [2.24, 2.45) is 5.92 Å². The first-order chi connectivity index (χ1) is 6.10. The van der Waals surface area contributed by atoms with Crippen molar-refractivity contribution in [1.29, 1.82) is 0 Å². The van der Waals surface area contributed by atoms with Crippen molar-refractivity contribution in [2.45, 2.75) is 19.8 Å². The topological polar surface area (TPSA) is 37.4 Å². The first kappa shape index (κ1) is 10.6. The van der Waals surface area contributed by atoms with E-state index in [9.17, 15) is 8.42 Å². The molecule has 0 aromatic carbocycles. The van der Waals surface area contributed by atoms with Gasteiger partial charge in [0.25, 0.3) is 0 Å². The highest BCUT2D eigenvalue weighted by Gasteiger charge is 2.28. The minimum absolute atomic E-state index is 0.140. The van der Waals surface area contributed by atoms with Crippen LogP contribution in [0.4, 0.5) is 0 Å². The Bertz CT molecular complexity index is 298. The van der Waals surface area contributed by atoms with Gasteiger partial charge >= 0.3 is 0 Å². The Labute approximate surface area is 80.2 Å². The van der Waals surface area contributed by atoms with E-state index in [1.807, 2.05) is 0 Å². The summed E-state index contributed by atoms with van der Waals surface area (Å²) in [6, 6.07) is 0. The predicted molar refractivity (Wildman–Crippen MR) is 52.6 cm³/mol. The Hall–Kier alpha value is -0.530. The number of nitrogens with zero attached hydrogens (tertiary/aromatic N) is 1. The van der Waals surface area contributed by atoms with Gasteiger partial charge in [-0.3, -0.25) is 0 Å². The lowest BCUT2D eigenvalue weighted by molar-refractivity contribution is 0.431. The average molecular weight is 201 g/mol. The molecule has 1 fully saturated rings. The molecule has 0 spiro atoms. The van der Waals surface area contributed by atoms with Crippen LogP contribution in [0.15, 0.2) is 0 Å². The highest BCUT2D eigenvalue weighted by atomic mass is 32.2. The van der Waals surface area contributed by atoms with E-state index in [0.717, 1.165) is 12.8 Å². The Kier molecular flexibility index (Phi) is 3.34. The molecule has 0 aromatic rings. The molecule has 1 aliphatic carbocycles. The number of hydrogen-bond donors (Lipinski definition) is 0. The molecule has 1 saturated carbocycles. The van der Waals surface area contributed by atoms with Crippen LogP contribution in [-0.2, 0) is 10.0 Å². The van der Waals surface area contributed by atoms with Crippen molar-refractivity contribution < 1.29 is 8.42 Å². The molecular weight excluding hydrogens is 186 g/mol. The summed E-state index contributed by atoms with van der Waals surface area (Å²) in [4.78, 5) is 0. The fourth-order valence-electron chi connectivity index (χ4n) is 1.15. The Morgan fingerprint density at radius 1 is 1.54 bits per heavy atom. The second kappa shape index (κ2) is 4.12. The summed E-state index contributed by atoms with van der Waals surface area (Å²) in [6.45, 7) is 2.47. The fraction of sp³-hybridized carbons (Fsp3) is 0.778. The summed E-state index contributed by atoms with van der Waals surface area (Å²) >= 11 is 0. The molecule has 0 N–H and O–H groups in total. The van der Waals surface area contributed by atoms with Crippen LogP contribution < -0.4 is 0 Å². The largest absolute Gasteiger partial charge is 0.214 e. The van der Waals surface area contributed by atoms with Gasteiger partial charge in [-0.2, -0.15) is 4.31 Å². The van der Waals surface area contributed by atoms with Gasteiger partial charge in [0.05, 0.1) is 12.3 Å². The molecule has 13 heavy (non-hydrogen) atoms. The van der Waals surface area contributed by atoms with Crippen molar-refractivity contribution >= 4 is 10.0 Å². The van der Waals surface area contributed by atoms with Crippen LogP contribution in [0.2, 0.25) is 0 Å². The molecule has 1 rings (SSSR count). The van der Waals surface area contributed by atoms with Crippen molar-refractivity contribution in [1.82, 2.24) is 4.31 Å². The van der Waals surface area contributed by atoms with Gasteiger partial charge in [-0.05, 0) is 25.7 Å². The monoisotopic (exact) mass is 201 g/mol. The van der Waals surface area contributed by atoms with Crippen LogP contribution in [0.5, 0.6) is 0 Å². The summed E-state index contributed by atoms with van der Waals surface area (Å²) in [5.74, 6) is 3.08. The molecule has 0 heterocycles. The fourth-order valence-corrected chi connectivity index (χ4v) is 2.22. The lowest BCUT2D eigenvalue weighted by atomic mass is 10.4. The van der Waals surface area contributed by atoms with Crippen molar-refractivity contribution in [2.75, 3.05) is 18.8 Å². The molecule has 0 unspecified atom stereocenters. The molecule has 0 aliphatic heterocycles. The van der Waals surface area contributed by atoms with Gasteiger partial charge in [0, 0.05) is 6.54 Å². The molecule has 0 aromatic heterocycles. The lowest BCUT2D eigenvalue weighted by Gasteiger charge is -2.18. The van der Waals surface area contributed by atoms with Gasteiger partial charge in [0.15, 0.2) is 0 Å². The smallest absolute Gasteiger partial charge is 0.212 e. The van der Waals surface area contributed by atoms with E-state index in [4.69, 9.17) is 6.42 Å². The number of rotatable bonds is 5. The Morgan fingerprint density at radius 2 is 2.15 bits per heavy atom. The maximum Gasteiger partial charge on any atom is 0.214 e. The number of hydrogen-bond acceptors (Lipinski definition) is 2.